The van der Waals surface area contributed by atoms with Crippen LogP contribution in [0, 0.1) is 11.6 Å². The van der Waals surface area contributed by atoms with Crippen LogP contribution >= 0.6 is 11.6 Å². The largest absolute Gasteiger partial charge is 0.328 e. The molecular weight excluding hydrogens is 298 g/mol. The van der Waals surface area contributed by atoms with Crippen LogP contribution in [-0.4, -0.2) is 19.5 Å². The lowest BCUT2D eigenvalue weighted by molar-refractivity contribution is 0.614. The van der Waals surface area contributed by atoms with Crippen molar-refractivity contribution in [3.05, 3.63) is 41.6 Å². The van der Waals surface area contributed by atoms with Gasteiger partial charge in [0.2, 0.25) is 5.28 Å². The first-order chi connectivity index (χ1) is 9.97. The average Bonchev–Trinajstić information content (AvgIpc) is 2.86. The van der Waals surface area contributed by atoms with E-state index in [1.54, 1.807) is 12.4 Å². The van der Waals surface area contributed by atoms with Crippen LogP contribution in [0.25, 0.3) is 22.3 Å². The lowest BCUT2D eigenvalue weighted by atomic mass is 10.1. The molecule has 0 spiro atoms. The minimum atomic E-state index is -0.659. The summed E-state index contributed by atoms with van der Waals surface area (Å²) >= 11 is 5.69. The van der Waals surface area contributed by atoms with Gasteiger partial charge in [-0.25, -0.2) is 23.7 Å². The molecule has 0 aliphatic rings. The molecule has 0 fully saturated rings. The van der Waals surface area contributed by atoms with Crippen LogP contribution in [0.1, 0.15) is 19.9 Å². The second kappa shape index (κ2) is 5.04. The zero-order chi connectivity index (χ0) is 15.1. The zero-order valence-corrected chi connectivity index (χ0v) is 12.1. The van der Waals surface area contributed by atoms with Crippen molar-refractivity contribution in [3.8, 4) is 11.3 Å². The Morgan fingerprint density at radius 2 is 1.90 bits per heavy atom. The molecule has 0 bridgehead atoms. The summed E-state index contributed by atoms with van der Waals surface area (Å²) in [6, 6.07) is 2.94. The summed E-state index contributed by atoms with van der Waals surface area (Å²) < 4.78 is 29.8. The Bertz CT molecular complexity index is 829. The number of nitrogens with zero attached hydrogens (tertiary/aromatic N) is 4. The molecule has 0 unspecified atom stereocenters. The van der Waals surface area contributed by atoms with E-state index in [0.717, 1.165) is 6.20 Å². The second-order valence-electron chi connectivity index (χ2n) is 4.91. The van der Waals surface area contributed by atoms with E-state index in [-0.39, 0.29) is 22.5 Å². The van der Waals surface area contributed by atoms with Gasteiger partial charge in [0, 0.05) is 11.6 Å². The molecule has 0 N–H and O–H groups in total. The number of benzene rings is 1. The molecule has 2 heterocycles. The van der Waals surface area contributed by atoms with E-state index in [1.807, 2.05) is 18.4 Å². The molecule has 0 saturated heterocycles. The lowest BCUT2D eigenvalue weighted by Crippen LogP contribution is -1.99. The highest BCUT2D eigenvalue weighted by molar-refractivity contribution is 6.28. The van der Waals surface area contributed by atoms with Crippen molar-refractivity contribution in [1.82, 2.24) is 19.5 Å². The minimum absolute atomic E-state index is 0.0349. The molecule has 0 aliphatic carbocycles. The van der Waals surface area contributed by atoms with E-state index < -0.39 is 11.6 Å². The van der Waals surface area contributed by atoms with Crippen molar-refractivity contribution in [2.24, 2.45) is 0 Å². The molecule has 108 valence electrons. The molecule has 0 saturated carbocycles. The normalized spacial score (nSPS) is 11.5. The monoisotopic (exact) mass is 308 g/mol. The smallest absolute Gasteiger partial charge is 0.223 e. The summed E-state index contributed by atoms with van der Waals surface area (Å²) in [5.41, 5.74) is 1.08. The summed E-state index contributed by atoms with van der Waals surface area (Å²) in [7, 11) is 0. The maximum Gasteiger partial charge on any atom is 0.223 e. The van der Waals surface area contributed by atoms with Crippen molar-refractivity contribution >= 4 is 22.6 Å². The molecule has 2 aromatic heterocycles. The Labute approximate surface area is 124 Å². The number of hydrogen-bond acceptors (Lipinski definition) is 3. The fraction of sp³-hybridized carbons (Fsp3) is 0.214. The Morgan fingerprint density at radius 1 is 1.14 bits per heavy atom. The number of imidazole rings is 1. The van der Waals surface area contributed by atoms with Crippen LogP contribution in [0.2, 0.25) is 5.28 Å². The van der Waals surface area contributed by atoms with E-state index in [1.165, 1.54) is 6.07 Å². The molecule has 0 atom stereocenters. The molecule has 0 amide bonds. The standard InChI is InChI=1S/C14H11ClF2N4/c1-7(2)21-6-19-13-9(16)3-8(4-11(13)21)12-10(17)5-18-14(15)20-12/h3-7H,1-2H3. The molecule has 3 rings (SSSR count). The maximum absolute atomic E-state index is 14.2. The quantitative estimate of drug-likeness (QED) is 0.672. The molecule has 0 radical (unpaired) electrons. The highest BCUT2D eigenvalue weighted by Crippen LogP contribution is 2.28. The number of halogens is 3. The first-order valence-electron chi connectivity index (χ1n) is 6.32. The lowest BCUT2D eigenvalue weighted by Gasteiger charge is -2.09. The van der Waals surface area contributed by atoms with Crippen LogP contribution in [0.5, 0.6) is 0 Å². The highest BCUT2D eigenvalue weighted by atomic mass is 35.5. The molecule has 4 nitrogen and oxygen atoms in total. The number of hydrogen-bond donors (Lipinski definition) is 0. The van der Waals surface area contributed by atoms with Crippen LogP contribution < -0.4 is 0 Å². The fourth-order valence-electron chi connectivity index (χ4n) is 2.19. The van der Waals surface area contributed by atoms with Crippen LogP contribution in [0.3, 0.4) is 0 Å². The van der Waals surface area contributed by atoms with Gasteiger partial charge in [-0.05, 0) is 37.6 Å². The van der Waals surface area contributed by atoms with Gasteiger partial charge >= 0.3 is 0 Å². The highest BCUT2D eigenvalue weighted by Gasteiger charge is 2.15. The number of fused-ring (bicyclic) bond motifs is 1. The predicted octanol–water partition coefficient (Wildman–Crippen LogP) is 4.01. The third kappa shape index (κ3) is 2.35. The van der Waals surface area contributed by atoms with Gasteiger partial charge in [-0.2, -0.15) is 0 Å². The summed E-state index contributed by atoms with van der Waals surface area (Å²) in [6.07, 6.45) is 2.53. The molecular formula is C14H11ClF2N4. The Balaban J connectivity index is 2.28. The molecule has 1 aromatic carbocycles. The van der Waals surface area contributed by atoms with Gasteiger partial charge < -0.3 is 4.57 Å². The Morgan fingerprint density at radius 3 is 2.62 bits per heavy atom. The van der Waals surface area contributed by atoms with E-state index in [4.69, 9.17) is 11.6 Å². The van der Waals surface area contributed by atoms with E-state index in [2.05, 4.69) is 15.0 Å². The topological polar surface area (TPSA) is 43.6 Å². The predicted molar refractivity (Wildman–Crippen MR) is 76.1 cm³/mol. The molecule has 21 heavy (non-hydrogen) atoms. The second-order valence-corrected chi connectivity index (χ2v) is 5.25. The SMILES string of the molecule is CC(C)n1cnc2c(F)cc(-c3nc(Cl)ncc3F)cc21. The molecule has 0 aliphatic heterocycles. The van der Waals surface area contributed by atoms with Crippen LogP contribution in [0.4, 0.5) is 8.78 Å². The Hall–Kier alpha value is -2.08. The zero-order valence-electron chi connectivity index (χ0n) is 11.3. The van der Waals surface area contributed by atoms with Crippen molar-refractivity contribution in [2.75, 3.05) is 0 Å². The number of aromatic nitrogens is 4. The van der Waals surface area contributed by atoms with Crippen LogP contribution in [0.15, 0.2) is 24.7 Å². The van der Waals surface area contributed by atoms with Crippen molar-refractivity contribution in [2.45, 2.75) is 19.9 Å². The fourth-order valence-corrected chi connectivity index (χ4v) is 2.32. The van der Waals surface area contributed by atoms with Gasteiger partial charge in [0.15, 0.2) is 11.6 Å². The summed E-state index contributed by atoms with van der Waals surface area (Å²) in [5.74, 6) is -1.19. The van der Waals surface area contributed by atoms with E-state index in [0.29, 0.717) is 11.1 Å². The van der Waals surface area contributed by atoms with Gasteiger partial charge in [0.25, 0.3) is 0 Å². The minimum Gasteiger partial charge on any atom is -0.328 e. The third-order valence-electron chi connectivity index (χ3n) is 3.18. The van der Waals surface area contributed by atoms with Crippen LogP contribution in [-0.2, 0) is 0 Å². The van der Waals surface area contributed by atoms with Gasteiger partial charge in [-0.15, -0.1) is 0 Å². The van der Waals surface area contributed by atoms with Crippen molar-refractivity contribution in [1.29, 1.82) is 0 Å². The third-order valence-corrected chi connectivity index (χ3v) is 3.36. The van der Waals surface area contributed by atoms with Gasteiger partial charge in [0.1, 0.15) is 11.2 Å². The first kappa shape index (κ1) is 13.9. The number of rotatable bonds is 2. The molecule has 3 aromatic rings. The van der Waals surface area contributed by atoms with Crippen molar-refractivity contribution in [3.63, 3.8) is 0 Å². The van der Waals surface area contributed by atoms with Crippen molar-refractivity contribution < 1.29 is 8.78 Å². The summed E-state index contributed by atoms with van der Waals surface area (Å²) in [5, 5.41) is -0.0933. The Kier molecular flexibility index (Phi) is 3.33. The van der Waals surface area contributed by atoms with Gasteiger partial charge in [-0.1, -0.05) is 0 Å². The summed E-state index contributed by atoms with van der Waals surface area (Å²) in [4.78, 5) is 11.4. The van der Waals surface area contributed by atoms with Gasteiger partial charge in [0.05, 0.1) is 18.0 Å². The van der Waals surface area contributed by atoms with E-state index in [9.17, 15) is 8.78 Å². The first-order valence-corrected chi connectivity index (χ1v) is 6.69. The van der Waals surface area contributed by atoms with Gasteiger partial charge in [-0.3, -0.25) is 0 Å². The molecule has 7 heteroatoms. The average molecular weight is 309 g/mol. The van der Waals surface area contributed by atoms with E-state index >= 15 is 0 Å². The maximum atomic E-state index is 14.2. The summed E-state index contributed by atoms with van der Waals surface area (Å²) in [6.45, 7) is 3.90.